The zero-order chi connectivity index (χ0) is 27.3. The van der Waals surface area contributed by atoms with Crippen molar-refractivity contribution in [1.29, 1.82) is 0 Å². The number of fused-ring (bicyclic) bond motifs is 4. The molecular formula is C28H21BrF2N4O3S. The average Bonchev–Trinajstić information content (AvgIpc) is 3.54. The van der Waals surface area contributed by atoms with Crippen LogP contribution in [0.15, 0.2) is 59.2 Å². The van der Waals surface area contributed by atoms with Crippen LogP contribution in [0.25, 0.3) is 11.3 Å². The van der Waals surface area contributed by atoms with E-state index in [4.69, 9.17) is 0 Å². The fourth-order valence-electron chi connectivity index (χ4n) is 5.13. The minimum absolute atomic E-state index is 0.0340. The van der Waals surface area contributed by atoms with Crippen molar-refractivity contribution < 1.29 is 23.2 Å². The summed E-state index contributed by atoms with van der Waals surface area (Å²) < 4.78 is 31.3. The molecule has 198 valence electrons. The molecule has 0 unspecified atom stereocenters. The molecule has 0 saturated carbocycles. The number of benzene rings is 2. The monoisotopic (exact) mass is 610 g/mol. The Morgan fingerprint density at radius 1 is 1.08 bits per heavy atom. The van der Waals surface area contributed by atoms with E-state index in [1.807, 2.05) is 4.68 Å². The van der Waals surface area contributed by atoms with Gasteiger partial charge in [0.15, 0.2) is 11.6 Å². The molecule has 0 bridgehead atoms. The molecule has 39 heavy (non-hydrogen) atoms. The number of aromatic nitrogens is 2. The van der Waals surface area contributed by atoms with Gasteiger partial charge in [-0.15, -0.1) is 11.3 Å². The molecule has 11 heteroatoms. The summed E-state index contributed by atoms with van der Waals surface area (Å²) in [6, 6.07) is 11.2. The highest BCUT2D eigenvalue weighted by Crippen LogP contribution is 2.38. The van der Waals surface area contributed by atoms with Crippen LogP contribution < -0.4 is 5.32 Å². The molecule has 4 aromatic rings. The number of imide groups is 1. The summed E-state index contributed by atoms with van der Waals surface area (Å²) in [7, 11) is 0. The predicted molar refractivity (Wildman–Crippen MR) is 145 cm³/mol. The van der Waals surface area contributed by atoms with Crippen LogP contribution in [0, 0.1) is 11.6 Å². The van der Waals surface area contributed by atoms with Crippen LogP contribution in [0.4, 0.5) is 8.78 Å². The number of nitrogens with one attached hydrogen (secondary N) is 1. The van der Waals surface area contributed by atoms with Crippen molar-refractivity contribution in [3.8, 4) is 11.3 Å². The van der Waals surface area contributed by atoms with E-state index >= 15 is 0 Å². The Labute approximate surface area is 234 Å². The van der Waals surface area contributed by atoms with Crippen LogP contribution in [0.1, 0.15) is 47.2 Å². The number of halogens is 3. The third-order valence-electron chi connectivity index (χ3n) is 6.97. The summed E-state index contributed by atoms with van der Waals surface area (Å²) in [6.07, 6.45) is 3.27. The van der Waals surface area contributed by atoms with Gasteiger partial charge in [0.2, 0.25) is 0 Å². The Bertz CT molecular complexity index is 1610. The van der Waals surface area contributed by atoms with Gasteiger partial charge in [-0.1, -0.05) is 24.3 Å². The first-order chi connectivity index (χ1) is 18.8. The molecule has 0 fully saturated rings. The molecule has 2 aromatic heterocycles. The van der Waals surface area contributed by atoms with Crippen molar-refractivity contribution in [2.45, 2.75) is 31.8 Å². The lowest BCUT2D eigenvalue weighted by Gasteiger charge is -2.24. The highest BCUT2D eigenvalue weighted by atomic mass is 79.9. The number of carbonyl (C=O) groups excluding carboxylic acids is 3. The van der Waals surface area contributed by atoms with E-state index in [0.29, 0.717) is 4.88 Å². The molecule has 1 N–H and O–H groups in total. The highest BCUT2D eigenvalue weighted by molar-refractivity contribution is 9.10. The van der Waals surface area contributed by atoms with Crippen molar-refractivity contribution in [1.82, 2.24) is 20.0 Å². The number of aryl methyl sites for hydroxylation is 2. The number of hydrogen-bond donors (Lipinski definition) is 1. The minimum Gasteiger partial charge on any atom is -0.346 e. The van der Waals surface area contributed by atoms with Crippen molar-refractivity contribution in [3.63, 3.8) is 0 Å². The zero-order valence-electron chi connectivity index (χ0n) is 20.4. The summed E-state index contributed by atoms with van der Waals surface area (Å²) in [5.41, 5.74) is 2.40. The van der Waals surface area contributed by atoms with Gasteiger partial charge in [0.25, 0.3) is 17.7 Å². The first kappa shape index (κ1) is 25.6. The number of hydrogen-bond acceptors (Lipinski definition) is 5. The largest absolute Gasteiger partial charge is 0.346 e. The van der Waals surface area contributed by atoms with Gasteiger partial charge in [-0.2, -0.15) is 5.10 Å². The van der Waals surface area contributed by atoms with E-state index in [1.165, 1.54) is 23.5 Å². The Morgan fingerprint density at radius 2 is 1.82 bits per heavy atom. The van der Waals surface area contributed by atoms with Crippen molar-refractivity contribution in [2.75, 3.05) is 6.54 Å². The number of thiophene rings is 1. The maximum atomic E-state index is 14.6. The average molecular weight is 611 g/mol. The molecule has 0 radical (unpaired) electrons. The van der Waals surface area contributed by atoms with Gasteiger partial charge in [0.1, 0.15) is 0 Å². The van der Waals surface area contributed by atoms with E-state index in [9.17, 15) is 23.2 Å². The second-order valence-electron chi connectivity index (χ2n) is 9.47. The van der Waals surface area contributed by atoms with Crippen LogP contribution >= 0.6 is 27.3 Å². The first-order valence-corrected chi connectivity index (χ1v) is 14.0. The Morgan fingerprint density at radius 3 is 2.56 bits per heavy atom. The Hall–Kier alpha value is -3.70. The molecular weight excluding hydrogens is 590 g/mol. The molecule has 2 aliphatic heterocycles. The lowest BCUT2D eigenvalue weighted by Crippen LogP contribution is -2.47. The summed E-state index contributed by atoms with van der Waals surface area (Å²) in [4.78, 5) is 42.1. The van der Waals surface area contributed by atoms with Crippen molar-refractivity contribution in [2.24, 2.45) is 0 Å². The summed E-state index contributed by atoms with van der Waals surface area (Å²) in [5, 5.41) is 7.29. The maximum Gasteiger partial charge on any atom is 0.261 e. The molecule has 3 amide bonds. The molecule has 1 atom stereocenters. The molecule has 4 heterocycles. The van der Waals surface area contributed by atoms with E-state index in [2.05, 4.69) is 26.3 Å². The first-order valence-electron chi connectivity index (χ1n) is 12.3. The van der Waals surface area contributed by atoms with Crippen LogP contribution in [-0.4, -0.2) is 45.0 Å². The topological polar surface area (TPSA) is 84.3 Å². The normalized spacial score (nSPS) is 15.0. The van der Waals surface area contributed by atoms with Crippen LogP contribution in [0.3, 0.4) is 0 Å². The zero-order valence-corrected chi connectivity index (χ0v) is 22.8. The van der Waals surface area contributed by atoms with Gasteiger partial charge in [-0.3, -0.25) is 24.0 Å². The van der Waals surface area contributed by atoms with Crippen LogP contribution in [0.5, 0.6) is 0 Å². The number of amides is 3. The molecule has 2 aliphatic rings. The summed E-state index contributed by atoms with van der Waals surface area (Å²) in [5.74, 6) is -3.44. The lowest BCUT2D eigenvalue weighted by atomic mass is 10.0. The molecule has 6 rings (SSSR count). The smallest absolute Gasteiger partial charge is 0.261 e. The number of carbonyl (C=O) groups is 3. The predicted octanol–water partition coefficient (Wildman–Crippen LogP) is 5.24. The van der Waals surface area contributed by atoms with Gasteiger partial charge < -0.3 is 5.32 Å². The van der Waals surface area contributed by atoms with E-state index in [-0.39, 0.29) is 29.7 Å². The molecule has 0 aliphatic carbocycles. The van der Waals surface area contributed by atoms with Crippen LogP contribution in [-0.2, 0) is 19.4 Å². The minimum atomic E-state index is -1.03. The van der Waals surface area contributed by atoms with Crippen molar-refractivity contribution in [3.05, 3.63) is 97.3 Å². The maximum absolute atomic E-state index is 14.6. The fraction of sp³-hybridized carbons (Fsp3) is 0.214. The third-order valence-corrected chi connectivity index (χ3v) is 8.74. The SMILES string of the molecule is O=C(N[C@@H](Cc1cccc(F)c1F)CN1C(=O)c2ccccc2C1=O)c1cc2c(s1)CCCn1ncc(Br)c1-2. The van der Waals surface area contributed by atoms with Crippen LogP contribution in [0.2, 0.25) is 0 Å². The molecule has 2 aromatic carbocycles. The van der Waals surface area contributed by atoms with E-state index in [0.717, 1.165) is 51.0 Å². The number of rotatable bonds is 6. The molecule has 0 spiro atoms. The van der Waals surface area contributed by atoms with E-state index < -0.39 is 35.4 Å². The van der Waals surface area contributed by atoms with Gasteiger partial charge in [0.05, 0.1) is 38.4 Å². The second kappa shape index (κ2) is 10.1. The quantitative estimate of drug-likeness (QED) is 0.303. The summed E-state index contributed by atoms with van der Waals surface area (Å²) >= 11 is 4.91. The number of nitrogens with zero attached hydrogens (tertiary/aromatic N) is 3. The van der Waals surface area contributed by atoms with Gasteiger partial charge in [-0.05, 0) is 65.0 Å². The molecule has 7 nitrogen and oxygen atoms in total. The van der Waals surface area contributed by atoms with Gasteiger partial charge >= 0.3 is 0 Å². The lowest BCUT2D eigenvalue weighted by molar-refractivity contribution is 0.0628. The third kappa shape index (κ3) is 4.59. The van der Waals surface area contributed by atoms with Gasteiger partial charge in [-0.25, -0.2) is 8.78 Å². The Balaban J connectivity index is 1.30. The summed E-state index contributed by atoms with van der Waals surface area (Å²) in [6.45, 7) is 0.572. The van der Waals surface area contributed by atoms with Gasteiger partial charge in [0, 0.05) is 23.5 Å². The van der Waals surface area contributed by atoms with Crippen molar-refractivity contribution >= 4 is 45.0 Å². The standard InChI is InChI=1S/C28H21BrF2N4O3S/c29-20-13-32-35-10-4-9-22-19(25(20)35)12-23(39-22)26(36)33-16(11-15-5-3-8-21(30)24(15)31)14-34-27(37)17-6-1-2-7-18(17)28(34)38/h1-3,5-8,12-13,16H,4,9-11,14H2,(H,33,36)/t16-/m0/s1. The van der Waals surface area contributed by atoms with E-state index in [1.54, 1.807) is 36.5 Å². The fourth-order valence-corrected chi connectivity index (χ4v) is 6.75. The highest BCUT2D eigenvalue weighted by Gasteiger charge is 2.37. The second-order valence-corrected chi connectivity index (χ2v) is 11.5. The Kier molecular flexibility index (Phi) is 6.64. The molecule has 0 saturated heterocycles.